The Morgan fingerprint density at radius 3 is 2.36 bits per heavy atom. The molecule has 1 heterocycles. The minimum absolute atomic E-state index is 0.0510. The molecule has 2 amide bonds. The predicted molar refractivity (Wildman–Crippen MR) is 101 cm³/mol. The van der Waals surface area contributed by atoms with Gasteiger partial charge in [0, 0.05) is 24.0 Å². The van der Waals surface area contributed by atoms with Crippen LogP contribution in [0.15, 0.2) is 29.2 Å². The molecule has 2 rings (SSSR count). The third-order valence-corrected chi connectivity index (χ3v) is 6.21. The van der Waals surface area contributed by atoms with E-state index in [1.807, 2.05) is 0 Å². The highest BCUT2D eigenvalue weighted by Gasteiger charge is 2.28. The summed E-state index contributed by atoms with van der Waals surface area (Å²) in [6, 6.07) is 4.26. The monoisotopic (exact) mass is 431 g/mol. The van der Waals surface area contributed by atoms with Gasteiger partial charge in [0.2, 0.25) is 15.9 Å². The van der Waals surface area contributed by atoms with E-state index in [0.717, 1.165) is 0 Å². The van der Waals surface area contributed by atoms with Crippen molar-refractivity contribution in [2.24, 2.45) is 11.7 Å². The molecule has 0 radical (unpaired) electrons. The van der Waals surface area contributed by atoms with Gasteiger partial charge in [0.15, 0.2) is 6.61 Å². The van der Waals surface area contributed by atoms with Gasteiger partial charge in [0.1, 0.15) is 6.04 Å². The van der Waals surface area contributed by atoms with E-state index in [1.54, 1.807) is 0 Å². The number of halogens is 1. The number of carbonyl (C=O) groups is 3. The first-order chi connectivity index (χ1) is 13.1. The molecule has 1 aliphatic heterocycles. The van der Waals surface area contributed by atoms with Crippen molar-refractivity contribution in [1.29, 1.82) is 0 Å². The molecule has 1 atom stereocenters. The van der Waals surface area contributed by atoms with Crippen LogP contribution in [0, 0.1) is 5.92 Å². The smallest absolute Gasteiger partial charge is 0.324 e. The van der Waals surface area contributed by atoms with Crippen LogP contribution in [0.25, 0.3) is 0 Å². The maximum absolute atomic E-state index is 12.3. The molecule has 154 valence electrons. The fourth-order valence-electron chi connectivity index (χ4n) is 2.73. The van der Waals surface area contributed by atoms with Gasteiger partial charge in [-0.2, -0.15) is 4.72 Å². The third kappa shape index (κ3) is 5.91. The summed E-state index contributed by atoms with van der Waals surface area (Å²) in [7, 11) is -3.94. The van der Waals surface area contributed by atoms with Gasteiger partial charge < -0.3 is 15.4 Å². The highest BCUT2D eigenvalue weighted by Crippen LogP contribution is 2.17. The normalized spacial score (nSPS) is 16.4. The molecule has 0 aromatic heterocycles. The zero-order valence-corrected chi connectivity index (χ0v) is 16.8. The highest BCUT2D eigenvalue weighted by atomic mass is 35.5. The molecule has 0 spiro atoms. The topological polar surface area (TPSA) is 136 Å². The fraction of sp³-hybridized carbons (Fsp3) is 0.471. The number of primary amides is 1. The molecule has 1 aliphatic rings. The Morgan fingerprint density at radius 2 is 1.82 bits per heavy atom. The zero-order valence-electron chi connectivity index (χ0n) is 15.3. The van der Waals surface area contributed by atoms with Crippen molar-refractivity contribution < 1.29 is 27.5 Å². The second-order valence-corrected chi connectivity index (χ2v) is 8.61. The summed E-state index contributed by atoms with van der Waals surface area (Å²) in [5.41, 5.74) is 5.25. The molecule has 0 aliphatic carbocycles. The Labute approximate surface area is 168 Å². The minimum atomic E-state index is -3.94. The van der Waals surface area contributed by atoms with E-state index >= 15 is 0 Å². The Morgan fingerprint density at radius 1 is 1.25 bits per heavy atom. The molecule has 3 N–H and O–H groups in total. The van der Waals surface area contributed by atoms with Crippen molar-refractivity contribution in [2.45, 2.75) is 30.7 Å². The number of ether oxygens (including phenoxy) is 1. The summed E-state index contributed by atoms with van der Waals surface area (Å²) in [5.74, 6) is -1.93. The van der Waals surface area contributed by atoms with Gasteiger partial charge >= 0.3 is 5.97 Å². The maximum atomic E-state index is 12.3. The first-order valence-electron chi connectivity index (χ1n) is 8.62. The van der Waals surface area contributed by atoms with Crippen molar-refractivity contribution in [3.05, 3.63) is 29.3 Å². The second-order valence-electron chi connectivity index (χ2n) is 6.46. The molecule has 1 fully saturated rings. The number of hydrogen-bond acceptors (Lipinski definition) is 6. The standard InChI is InChI=1S/C17H22ClN3O6S/c1-11(20-28(25,26)14-4-2-13(18)3-5-14)17(24)27-10-15(22)21-8-6-12(7-9-21)16(19)23/h2-5,11-12,20H,6-10H2,1H3,(H2,19,23)/t11-/m0/s1. The zero-order chi connectivity index (χ0) is 20.9. The molecule has 0 bridgehead atoms. The van der Waals surface area contributed by atoms with E-state index in [1.165, 1.54) is 36.1 Å². The number of likely N-dealkylation sites (tertiary alicyclic amines) is 1. The van der Waals surface area contributed by atoms with Crippen LogP contribution in [0.1, 0.15) is 19.8 Å². The first kappa shape index (κ1) is 22.1. The quantitative estimate of drug-likeness (QED) is 0.595. The Kier molecular flexibility index (Phi) is 7.39. The summed E-state index contributed by atoms with van der Waals surface area (Å²) in [6.07, 6.45) is 0.929. The fourth-order valence-corrected chi connectivity index (χ4v) is 4.04. The molecular formula is C17H22ClN3O6S. The van der Waals surface area contributed by atoms with Crippen molar-refractivity contribution in [3.8, 4) is 0 Å². The van der Waals surface area contributed by atoms with E-state index in [-0.39, 0.29) is 16.7 Å². The number of nitrogens with one attached hydrogen (secondary N) is 1. The highest BCUT2D eigenvalue weighted by molar-refractivity contribution is 7.89. The molecular weight excluding hydrogens is 410 g/mol. The van der Waals surface area contributed by atoms with E-state index < -0.39 is 34.5 Å². The number of nitrogens with two attached hydrogens (primary N) is 1. The number of esters is 1. The van der Waals surface area contributed by atoms with Gasteiger partial charge in [0.25, 0.3) is 5.91 Å². The molecule has 28 heavy (non-hydrogen) atoms. The second kappa shape index (κ2) is 9.35. The van der Waals surface area contributed by atoms with Crippen LogP contribution >= 0.6 is 11.6 Å². The molecule has 1 saturated heterocycles. The maximum Gasteiger partial charge on any atom is 0.324 e. The number of hydrogen-bond donors (Lipinski definition) is 2. The van der Waals surface area contributed by atoms with Gasteiger partial charge in [-0.15, -0.1) is 0 Å². The molecule has 0 unspecified atom stereocenters. The third-order valence-electron chi connectivity index (χ3n) is 4.40. The van der Waals surface area contributed by atoms with Crippen molar-refractivity contribution in [2.75, 3.05) is 19.7 Å². The van der Waals surface area contributed by atoms with Crippen LogP contribution in [-0.2, 0) is 29.1 Å². The van der Waals surface area contributed by atoms with Gasteiger partial charge in [0.05, 0.1) is 4.90 Å². The number of carbonyl (C=O) groups excluding carboxylic acids is 3. The summed E-state index contributed by atoms with van der Waals surface area (Å²) in [4.78, 5) is 36.7. The molecule has 9 nitrogen and oxygen atoms in total. The lowest BCUT2D eigenvalue weighted by molar-refractivity contribution is -0.153. The van der Waals surface area contributed by atoms with Crippen LogP contribution in [0.3, 0.4) is 0 Å². The van der Waals surface area contributed by atoms with Crippen LogP contribution in [0.5, 0.6) is 0 Å². The minimum Gasteiger partial charge on any atom is -0.454 e. The lowest BCUT2D eigenvalue weighted by Gasteiger charge is -2.30. The van der Waals surface area contributed by atoms with Crippen molar-refractivity contribution in [1.82, 2.24) is 9.62 Å². The first-order valence-corrected chi connectivity index (χ1v) is 10.5. The summed E-state index contributed by atoms with van der Waals surface area (Å²) >= 11 is 5.73. The molecule has 1 aromatic carbocycles. The number of benzene rings is 1. The largest absolute Gasteiger partial charge is 0.454 e. The van der Waals surface area contributed by atoms with Gasteiger partial charge in [-0.1, -0.05) is 11.6 Å². The van der Waals surface area contributed by atoms with Crippen LogP contribution < -0.4 is 10.5 Å². The van der Waals surface area contributed by atoms with Crippen LogP contribution in [0.2, 0.25) is 5.02 Å². The lowest BCUT2D eigenvalue weighted by atomic mass is 9.96. The van der Waals surface area contributed by atoms with Crippen LogP contribution in [0.4, 0.5) is 0 Å². The number of nitrogens with zero attached hydrogens (tertiary/aromatic N) is 1. The summed E-state index contributed by atoms with van der Waals surface area (Å²) in [5, 5.41) is 0.379. The average molecular weight is 432 g/mol. The summed E-state index contributed by atoms with van der Waals surface area (Å²) in [6.45, 7) is 1.51. The molecule has 1 aromatic rings. The van der Waals surface area contributed by atoms with Crippen molar-refractivity contribution >= 4 is 39.4 Å². The van der Waals surface area contributed by atoms with E-state index in [0.29, 0.717) is 31.0 Å². The van der Waals surface area contributed by atoms with Crippen molar-refractivity contribution in [3.63, 3.8) is 0 Å². The Balaban J connectivity index is 1.83. The number of amides is 2. The SMILES string of the molecule is C[C@H](NS(=O)(=O)c1ccc(Cl)cc1)C(=O)OCC(=O)N1CCC(C(N)=O)CC1. The van der Waals surface area contributed by atoms with E-state index in [4.69, 9.17) is 22.1 Å². The average Bonchev–Trinajstić information content (AvgIpc) is 2.65. The van der Waals surface area contributed by atoms with Gasteiger partial charge in [-0.3, -0.25) is 14.4 Å². The number of sulfonamides is 1. The van der Waals surface area contributed by atoms with E-state index in [2.05, 4.69) is 4.72 Å². The van der Waals surface area contributed by atoms with E-state index in [9.17, 15) is 22.8 Å². The Hall–Kier alpha value is -2.17. The van der Waals surface area contributed by atoms with Gasteiger partial charge in [-0.05, 0) is 44.0 Å². The molecule has 0 saturated carbocycles. The lowest BCUT2D eigenvalue weighted by Crippen LogP contribution is -2.44. The Bertz CT molecular complexity index is 835. The summed E-state index contributed by atoms with van der Waals surface area (Å²) < 4.78 is 31.6. The number of rotatable bonds is 7. The predicted octanol–water partition coefficient (Wildman–Crippen LogP) is 0.274. The van der Waals surface area contributed by atoms with Gasteiger partial charge in [-0.25, -0.2) is 8.42 Å². The van der Waals surface area contributed by atoms with Crippen LogP contribution in [-0.4, -0.2) is 56.8 Å². The number of piperidine rings is 1. The molecule has 11 heteroatoms.